The fraction of sp³-hybridized carbons (Fsp3) is 0.444. The summed E-state index contributed by atoms with van der Waals surface area (Å²) in [5.74, 6) is 1.04. The third kappa shape index (κ3) is 7.02. The monoisotopic (exact) mass is 753 g/mol. The first-order valence-corrected chi connectivity index (χ1v) is 20.5. The van der Waals surface area contributed by atoms with Gasteiger partial charge in [-0.2, -0.15) is 10.2 Å². The van der Waals surface area contributed by atoms with Gasteiger partial charge in [-0.3, -0.25) is 19.7 Å². The van der Waals surface area contributed by atoms with Crippen molar-refractivity contribution < 1.29 is 19.5 Å². The van der Waals surface area contributed by atoms with E-state index in [9.17, 15) is 19.5 Å². The fourth-order valence-electron chi connectivity index (χ4n) is 10.1. The number of fused-ring (bicyclic) bond motifs is 1. The molecule has 290 valence electrons. The van der Waals surface area contributed by atoms with E-state index < -0.39 is 5.41 Å². The molecular weight excluding hydrogens is 703 g/mol. The van der Waals surface area contributed by atoms with Crippen molar-refractivity contribution in [3.05, 3.63) is 102 Å². The lowest BCUT2D eigenvalue weighted by Gasteiger charge is -2.57. The molecule has 11 heteroatoms. The van der Waals surface area contributed by atoms with E-state index in [0.717, 1.165) is 101 Å². The molecule has 11 nitrogen and oxygen atoms in total. The molecule has 0 spiro atoms. The second-order valence-corrected chi connectivity index (χ2v) is 16.6. The maximum Gasteiger partial charge on any atom is 0.234 e. The summed E-state index contributed by atoms with van der Waals surface area (Å²) in [4.78, 5) is 48.4. The zero-order chi connectivity index (χ0) is 38.2. The number of amides is 3. The summed E-state index contributed by atoms with van der Waals surface area (Å²) in [7, 11) is 0. The molecule has 0 aliphatic carbocycles. The van der Waals surface area contributed by atoms with Gasteiger partial charge in [-0.05, 0) is 98.4 Å². The van der Waals surface area contributed by atoms with Crippen molar-refractivity contribution in [1.29, 1.82) is 0 Å². The minimum Gasteiger partial charge on any atom is -0.507 e. The van der Waals surface area contributed by atoms with Crippen LogP contribution >= 0.6 is 0 Å². The Morgan fingerprint density at radius 2 is 1.54 bits per heavy atom. The van der Waals surface area contributed by atoms with Gasteiger partial charge in [0.2, 0.25) is 17.7 Å². The molecule has 56 heavy (non-hydrogen) atoms. The number of aromatic hydroxyl groups is 1. The van der Waals surface area contributed by atoms with Crippen LogP contribution in [0.15, 0.2) is 91.1 Å². The summed E-state index contributed by atoms with van der Waals surface area (Å²) >= 11 is 0. The lowest BCUT2D eigenvalue weighted by Crippen LogP contribution is -2.69. The summed E-state index contributed by atoms with van der Waals surface area (Å²) in [6.07, 6.45) is 7.61. The number of phenolic OH excluding ortho intramolecular Hbond substituents is 1. The number of anilines is 2. The van der Waals surface area contributed by atoms with Crippen LogP contribution in [0.25, 0.3) is 11.3 Å². The van der Waals surface area contributed by atoms with Crippen molar-refractivity contribution in [3.63, 3.8) is 0 Å². The summed E-state index contributed by atoms with van der Waals surface area (Å²) in [5.41, 5.74) is 4.95. The lowest BCUT2D eigenvalue weighted by atomic mass is 9.69. The van der Waals surface area contributed by atoms with Crippen molar-refractivity contribution in [3.8, 4) is 17.0 Å². The summed E-state index contributed by atoms with van der Waals surface area (Å²) in [5, 5.41) is 21.5. The summed E-state index contributed by atoms with van der Waals surface area (Å²) in [6, 6.07) is 28.2. The van der Waals surface area contributed by atoms with E-state index in [1.165, 1.54) is 5.69 Å². The fourth-order valence-corrected chi connectivity index (χ4v) is 10.1. The van der Waals surface area contributed by atoms with Gasteiger partial charge >= 0.3 is 0 Å². The summed E-state index contributed by atoms with van der Waals surface area (Å²) < 4.78 is 0. The van der Waals surface area contributed by atoms with Gasteiger partial charge < -0.3 is 24.7 Å². The van der Waals surface area contributed by atoms with Crippen LogP contribution in [0.3, 0.4) is 0 Å². The Balaban J connectivity index is 0.817. The quantitative estimate of drug-likeness (QED) is 0.229. The molecule has 2 unspecified atom stereocenters. The number of carbonyl (C=O) groups excluding carboxylic acids is 3. The second-order valence-electron chi connectivity index (χ2n) is 16.6. The molecule has 6 heterocycles. The number of phenols is 1. The molecule has 2 N–H and O–H groups in total. The Morgan fingerprint density at radius 3 is 2.29 bits per heavy atom. The van der Waals surface area contributed by atoms with E-state index in [1.807, 2.05) is 24.3 Å². The van der Waals surface area contributed by atoms with Gasteiger partial charge in [0.25, 0.3) is 0 Å². The number of carbonyl (C=O) groups is 3. The zero-order valence-electron chi connectivity index (χ0n) is 31.9. The molecule has 5 aliphatic heterocycles. The molecule has 0 radical (unpaired) electrons. The highest BCUT2D eigenvalue weighted by Crippen LogP contribution is 2.44. The minimum atomic E-state index is -0.571. The van der Waals surface area contributed by atoms with Crippen molar-refractivity contribution in [2.24, 2.45) is 11.8 Å². The number of para-hydroxylation sites is 1. The number of piperidine rings is 4. The summed E-state index contributed by atoms with van der Waals surface area (Å²) in [6.45, 7) is 7.46. The van der Waals surface area contributed by atoms with E-state index in [4.69, 9.17) is 0 Å². The van der Waals surface area contributed by atoms with Gasteiger partial charge in [0.05, 0.1) is 28.9 Å². The second kappa shape index (κ2) is 15.3. The maximum atomic E-state index is 14.9. The van der Waals surface area contributed by atoms with E-state index in [-0.39, 0.29) is 35.4 Å². The molecule has 5 aliphatic rings. The van der Waals surface area contributed by atoms with Crippen LogP contribution < -0.4 is 15.1 Å². The van der Waals surface area contributed by atoms with Crippen LogP contribution in [0.1, 0.15) is 62.0 Å². The third-order valence-corrected chi connectivity index (χ3v) is 13.5. The molecular formula is C45H51N7O4. The molecule has 3 aromatic carbocycles. The molecule has 9 rings (SSSR count). The Kier molecular flexibility index (Phi) is 9.95. The highest BCUT2D eigenvalue weighted by molar-refractivity contribution is 6.01. The number of nitrogens with zero attached hydrogens (tertiary/aromatic N) is 6. The van der Waals surface area contributed by atoms with Crippen molar-refractivity contribution in [1.82, 2.24) is 25.3 Å². The van der Waals surface area contributed by atoms with Crippen LogP contribution in [0.5, 0.6) is 5.75 Å². The first-order chi connectivity index (χ1) is 27.3. The van der Waals surface area contributed by atoms with E-state index in [0.29, 0.717) is 35.9 Å². The van der Waals surface area contributed by atoms with Gasteiger partial charge in [-0.1, -0.05) is 54.6 Å². The van der Waals surface area contributed by atoms with Gasteiger partial charge in [0.15, 0.2) is 0 Å². The van der Waals surface area contributed by atoms with E-state index >= 15 is 0 Å². The number of hydrogen-bond acceptors (Lipinski definition) is 9. The number of aromatic nitrogens is 2. The minimum absolute atomic E-state index is 0.179. The number of rotatable bonds is 8. The Bertz CT molecular complexity index is 2060. The van der Waals surface area contributed by atoms with Gasteiger partial charge in [-0.15, -0.1) is 0 Å². The Labute approximate surface area is 328 Å². The number of nitrogens with one attached hydrogen (secondary N) is 1. The van der Waals surface area contributed by atoms with Crippen molar-refractivity contribution in [2.75, 3.05) is 62.2 Å². The Morgan fingerprint density at radius 1 is 0.804 bits per heavy atom. The average Bonchev–Trinajstić information content (AvgIpc) is 3.23. The van der Waals surface area contributed by atoms with Crippen LogP contribution in [-0.2, 0) is 19.8 Å². The number of likely N-dealkylation sites (tertiary alicyclic amines) is 2. The van der Waals surface area contributed by atoms with E-state index in [1.54, 1.807) is 18.3 Å². The average molecular weight is 754 g/mol. The predicted molar refractivity (Wildman–Crippen MR) is 215 cm³/mol. The normalized spacial score (nSPS) is 24.3. The standard InChI is InChI=1S/C45H51N7O4/c53-41-9-5-4-8-38(41)39-26-36(27-46-48-39)51-24-19-45(20-25-51,34-6-2-1-3-7-34)44(56)52-29-33-18-21-49(30-40(33)52)28-31-16-22-50(23-17-31)35-12-10-32(11-13-35)37-14-15-42(54)47-43(37)55/h1-13,26-27,31,33,37,40,53H,14-25,28-30H2,(H,47,54,55)/t33?,37-,40?/m1/s1. The zero-order valence-corrected chi connectivity index (χ0v) is 31.9. The third-order valence-electron chi connectivity index (χ3n) is 13.5. The predicted octanol–water partition coefficient (Wildman–Crippen LogP) is 5.36. The van der Waals surface area contributed by atoms with Crippen LogP contribution in [0.2, 0.25) is 0 Å². The highest BCUT2D eigenvalue weighted by Gasteiger charge is 2.52. The van der Waals surface area contributed by atoms with Crippen molar-refractivity contribution in [2.45, 2.75) is 62.3 Å². The first kappa shape index (κ1) is 36.4. The van der Waals surface area contributed by atoms with Crippen LogP contribution in [-0.4, -0.2) is 101 Å². The number of hydrogen-bond donors (Lipinski definition) is 2. The van der Waals surface area contributed by atoms with Gasteiger partial charge in [-0.25, -0.2) is 0 Å². The molecule has 1 aromatic heterocycles. The number of benzene rings is 3. The van der Waals surface area contributed by atoms with E-state index in [2.05, 4.69) is 83.6 Å². The topological polar surface area (TPSA) is 122 Å². The SMILES string of the molecule is O=C1CC[C@H](c2ccc(N3CCC(CN4CCC5CN(C(=O)C6(c7ccccc7)CCN(c7cnnc(-c8ccccc8O)c7)CC6)C5C4)CC3)cc2)C(=O)N1. The maximum absolute atomic E-state index is 14.9. The Hall–Kier alpha value is -5.29. The van der Waals surface area contributed by atoms with Gasteiger partial charge in [0, 0.05) is 69.5 Å². The molecule has 0 bridgehead atoms. The molecule has 3 amide bonds. The molecule has 0 saturated carbocycles. The van der Waals surface area contributed by atoms with Crippen LogP contribution in [0.4, 0.5) is 11.4 Å². The number of imide groups is 1. The molecule has 5 saturated heterocycles. The smallest absolute Gasteiger partial charge is 0.234 e. The molecule has 4 aromatic rings. The first-order valence-electron chi connectivity index (χ1n) is 20.5. The molecule has 5 fully saturated rings. The largest absolute Gasteiger partial charge is 0.507 e. The highest BCUT2D eigenvalue weighted by atomic mass is 16.3. The lowest BCUT2D eigenvalue weighted by molar-refractivity contribution is -0.156. The molecule has 3 atom stereocenters. The van der Waals surface area contributed by atoms with Crippen LogP contribution in [0, 0.1) is 11.8 Å². The van der Waals surface area contributed by atoms with Gasteiger partial charge in [0.1, 0.15) is 5.75 Å². The van der Waals surface area contributed by atoms with Crippen molar-refractivity contribution >= 4 is 29.1 Å².